The largest absolute Gasteiger partial charge is 0.390 e. The highest BCUT2D eigenvalue weighted by molar-refractivity contribution is 6.18. The molecule has 0 radical (unpaired) electrons. The summed E-state index contributed by atoms with van der Waals surface area (Å²) in [5.74, 6) is 0.334. The summed E-state index contributed by atoms with van der Waals surface area (Å²) in [5.41, 5.74) is 0.931. The second-order valence-electron chi connectivity index (χ2n) is 3.86. The number of hydrogen-bond acceptors (Lipinski definition) is 3. The number of anilines is 1. The van der Waals surface area contributed by atoms with Crippen LogP contribution in [-0.2, 0) is 0 Å². The molecule has 0 saturated heterocycles. The fourth-order valence-electron chi connectivity index (χ4n) is 1.53. The summed E-state index contributed by atoms with van der Waals surface area (Å²) in [7, 11) is 0. The van der Waals surface area contributed by atoms with Crippen LogP contribution in [-0.4, -0.2) is 47.3 Å². The molecule has 1 aromatic carbocycles. The Labute approximate surface area is 112 Å². The van der Waals surface area contributed by atoms with E-state index in [1.807, 2.05) is 35.2 Å². The van der Waals surface area contributed by atoms with Crippen LogP contribution < -0.4 is 4.90 Å². The number of aliphatic hydroxyl groups is 2. The summed E-state index contributed by atoms with van der Waals surface area (Å²) in [4.78, 5) is 1.88. The second-order valence-corrected chi connectivity index (χ2v) is 4.47. The summed E-state index contributed by atoms with van der Waals surface area (Å²) in [6.45, 7) is 0.753. The predicted molar refractivity (Wildman–Crippen MR) is 72.1 cm³/mol. The van der Waals surface area contributed by atoms with Crippen LogP contribution in [0.25, 0.3) is 0 Å². The molecule has 5 heteroatoms. The average Bonchev–Trinajstić information content (AvgIpc) is 2.38. The fraction of sp³-hybridized carbons (Fsp3) is 0.500. The molecule has 0 aliphatic rings. The molecule has 96 valence electrons. The molecule has 0 spiro atoms. The Hall–Kier alpha value is -0.480. The van der Waals surface area contributed by atoms with Crippen LogP contribution in [0.2, 0.25) is 0 Å². The second kappa shape index (κ2) is 7.77. The number of halogens is 2. The van der Waals surface area contributed by atoms with Gasteiger partial charge in [0.25, 0.3) is 0 Å². The first-order chi connectivity index (χ1) is 8.17. The first kappa shape index (κ1) is 14.6. The summed E-state index contributed by atoms with van der Waals surface area (Å²) in [6.07, 6.45) is -1.25. The molecule has 0 aliphatic carbocycles. The Kier molecular flexibility index (Phi) is 6.66. The van der Waals surface area contributed by atoms with Gasteiger partial charge >= 0.3 is 0 Å². The van der Waals surface area contributed by atoms with Gasteiger partial charge in [-0.15, -0.1) is 23.2 Å². The van der Waals surface area contributed by atoms with Crippen molar-refractivity contribution in [2.75, 3.05) is 29.7 Å². The van der Waals surface area contributed by atoms with E-state index >= 15 is 0 Å². The van der Waals surface area contributed by atoms with E-state index in [2.05, 4.69) is 0 Å². The van der Waals surface area contributed by atoms with Crippen LogP contribution in [0.5, 0.6) is 0 Å². The molecular formula is C12H17Cl2NO2. The third kappa shape index (κ3) is 5.13. The minimum atomic E-state index is -0.626. The van der Waals surface area contributed by atoms with Gasteiger partial charge in [-0.2, -0.15) is 0 Å². The van der Waals surface area contributed by atoms with Crippen molar-refractivity contribution in [3.63, 3.8) is 0 Å². The molecule has 0 heterocycles. The number of alkyl halides is 2. The molecule has 0 bridgehead atoms. The molecule has 3 nitrogen and oxygen atoms in total. The van der Waals surface area contributed by atoms with Crippen LogP contribution in [0.1, 0.15) is 0 Å². The molecule has 0 saturated carbocycles. The smallest absolute Gasteiger partial charge is 0.0850 e. The van der Waals surface area contributed by atoms with Crippen molar-refractivity contribution < 1.29 is 10.2 Å². The average molecular weight is 278 g/mol. The molecule has 0 amide bonds. The highest BCUT2D eigenvalue weighted by Gasteiger charge is 2.15. The summed E-state index contributed by atoms with van der Waals surface area (Å²) < 4.78 is 0. The number of para-hydroxylation sites is 1. The lowest BCUT2D eigenvalue weighted by molar-refractivity contribution is 0.181. The third-order valence-electron chi connectivity index (χ3n) is 2.34. The van der Waals surface area contributed by atoms with E-state index in [0.717, 1.165) is 5.69 Å². The molecule has 1 rings (SSSR count). The SMILES string of the molecule is OC(CCl)CN(CC(O)CCl)c1ccccc1. The summed E-state index contributed by atoms with van der Waals surface area (Å²) >= 11 is 11.2. The number of benzene rings is 1. The monoisotopic (exact) mass is 277 g/mol. The molecule has 17 heavy (non-hydrogen) atoms. The van der Waals surface area contributed by atoms with Crippen LogP contribution in [0.15, 0.2) is 30.3 Å². The van der Waals surface area contributed by atoms with E-state index in [1.54, 1.807) is 0 Å². The van der Waals surface area contributed by atoms with Gasteiger partial charge in [0.05, 0.1) is 24.0 Å². The van der Waals surface area contributed by atoms with Crippen molar-refractivity contribution in [2.24, 2.45) is 0 Å². The van der Waals surface area contributed by atoms with Gasteiger partial charge in [0.2, 0.25) is 0 Å². The number of rotatable bonds is 7. The molecule has 2 atom stereocenters. The number of nitrogens with zero attached hydrogens (tertiary/aromatic N) is 1. The lowest BCUT2D eigenvalue weighted by Crippen LogP contribution is -2.39. The first-order valence-corrected chi connectivity index (χ1v) is 6.52. The molecule has 0 fully saturated rings. The number of aliphatic hydroxyl groups excluding tert-OH is 2. The lowest BCUT2D eigenvalue weighted by atomic mass is 10.2. The minimum absolute atomic E-state index is 0.167. The molecular weight excluding hydrogens is 261 g/mol. The lowest BCUT2D eigenvalue weighted by Gasteiger charge is -2.28. The summed E-state index contributed by atoms with van der Waals surface area (Å²) in [6, 6.07) is 9.56. The highest BCUT2D eigenvalue weighted by atomic mass is 35.5. The molecule has 0 aromatic heterocycles. The van der Waals surface area contributed by atoms with Gasteiger partial charge in [-0.25, -0.2) is 0 Å². The van der Waals surface area contributed by atoms with Crippen molar-refractivity contribution in [1.82, 2.24) is 0 Å². The van der Waals surface area contributed by atoms with Crippen LogP contribution in [0.3, 0.4) is 0 Å². The maximum atomic E-state index is 9.59. The third-order valence-corrected chi connectivity index (χ3v) is 3.05. The Morgan fingerprint density at radius 2 is 1.41 bits per heavy atom. The van der Waals surface area contributed by atoms with Crippen molar-refractivity contribution in [3.05, 3.63) is 30.3 Å². The molecule has 1 aromatic rings. The van der Waals surface area contributed by atoms with E-state index < -0.39 is 12.2 Å². The fourth-order valence-corrected chi connectivity index (χ4v) is 1.73. The van der Waals surface area contributed by atoms with Gasteiger partial charge in [-0.05, 0) is 12.1 Å². The Bertz CT molecular complexity index is 299. The first-order valence-electron chi connectivity index (χ1n) is 5.45. The topological polar surface area (TPSA) is 43.7 Å². The maximum Gasteiger partial charge on any atom is 0.0850 e. The Balaban J connectivity index is 2.72. The van der Waals surface area contributed by atoms with Gasteiger partial charge in [0.15, 0.2) is 0 Å². The van der Waals surface area contributed by atoms with Gasteiger partial charge in [-0.3, -0.25) is 0 Å². The van der Waals surface area contributed by atoms with Gasteiger partial charge in [0, 0.05) is 18.8 Å². The van der Waals surface area contributed by atoms with Crippen molar-refractivity contribution in [3.8, 4) is 0 Å². The van der Waals surface area contributed by atoms with Crippen LogP contribution in [0, 0.1) is 0 Å². The molecule has 2 unspecified atom stereocenters. The molecule has 2 N–H and O–H groups in total. The zero-order valence-electron chi connectivity index (χ0n) is 9.47. The summed E-state index contributed by atoms with van der Waals surface area (Å²) in [5, 5.41) is 19.2. The van der Waals surface area contributed by atoms with E-state index in [1.165, 1.54) is 0 Å². The standard InChI is InChI=1S/C12H17Cl2NO2/c13-6-11(16)8-15(9-12(17)7-14)10-4-2-1-3-5-10/h1-5,11-12,16-17H,6-9H2. The zero-order valence-corrected chi connectivity index (χ0v) is 11.0. The van der Waals surface area contributed by atoms with E-state index in [9.17, 15) is 10.2 Å². The van der Waals surface area contributed by atoms with Gasteiger partial charge in [-0.1, -0.05) is 18.2 Å². The quantitative estimate of drug-likeness (QED) is 0.746. The minimum Gasteiger partial charge on any atom is -0.390 e. The number of hydrogen-bond donors (Lipinski definition) is 2. The Morgan fingerprint density at radius 3 is 1.82 bits per heavy atom. The predicted octanol–water partition coefficient (Wildman–Crippen LogP) is 1.69. The van der Waals surface area contributed by atoms with E-state index in [-0.39, 0.29) is 11.8 Å². The molecule has 0 aliphatic heterocycles. The zero-order chi connectivity index (χ0) is 12.7. The highest BCUT2D eigenvalue weighted by Crippen LogP contribution is 2.14. The van der Waals surface area contributed by atoms with Crippen molar-refractivity contribution in [1.29, 1.82) is 0 Å². The van der Waals surface area contributed by atoms with E-state index in [0.29, 0.717) is 13.1 Å². The van der Waals surface area contributed by atoms with Crippen molar-refractivity contribution >= 4 is 28.9 Å². The van der Waals surface area contributed by atoms with Crippen LogP contribution >= 0.6 is 23.2 Å². The van der Waals surface area contributed by atoms with E-state index in [4.69, 9.17) is 23.2 Å². The van der Waals surface area contributed by atoms with Gasteiger partial charge in [0.1, 0.15) is 0 Å². The maximum absolute atomic E-state index is 9.59. The normalized spacial score (nSPS) is 14.4. The van der Waals surface area contributed by atoms with Crippen LogP contribution in [0.4, 0.5) is 5.69 Å². The Morgan fingerprint density at radius 1 is 0.941 bits per heavy atom. The van der Waals surface area contributed by atoms with Crippen molar-refractivity contribution in [2.45, 2.75) is 12.2 Å². The van der Waals surface area contributed by atoms with Gasteiger partial charge < -0.3 is 15.1 Å².